The van der Waals surface area contributed by atoms with Gasteiger partial charge in [-0.3, -0.25) is 0 Å². The van der Waals surface area contributed by atoms with Crippen LogP contribution in [0, 0.1) is 11.6 Å². The first-order chi connectivity index (χ1) is 12.8. The van der Waals surface area contributed by atoms with Crippen LogP contribution in [-0.4, -0.2) is 23.2 Å². The highest BCUT2D eigenvalue weighted by molar-refractivity contribution is 7.81. The van der Waals surface area contributed by atoms with Gasteiger partial charge < -0.3 is 13.5 Å². The van der Waals surface area contributed by atoms with Gasteiger partial charge in [-0.1, -0.05) is 3.89 Å². The van der Waals surface area contributed by atoms with Crippen molar-refractivity contribution >= 4 is 10.5 Å². The lowest BCUT2D eigenvalue weighted by atomic mass is 10.1. The summed E-state index contributed by atoms with van der Waals surface area (Å²) in [5, 5.41) is 7.22. The number of hydrogen-bond acceptors (Lipinski definition) is 6. The number of ether oxygens (including phenoxy) is 1. The molecule has 0 radical (unpaired) electrons. The second-order valence-corrected chi connectivity index (χ2v) is 6.36. The molecule has 0 unspecified atom stereocenters. The zero-order chi connectivity index (χ0) is 19.4. The van der Waals surface area contributed by atoms with Crippen molar-refractivity contribution < 1.29 is 30.0 Å². The lowest BCUT2D eigenvalue weighted by Crippen LogP contribution is -2.05. The van der Waals surface area contributed by atoms with Crippen LogP contribution in [0.1, 0.15) is 11.1 Å². The fourth-order valence-electron chi connectivity index (χ4n) is 2.26. The molecule has 1 heterocycles. The van der Waals surface area contributed by atoms with Crippen LogP contribution in [0.5, 0.6) is 11.5 Å². The number of nitrogens with zero attached hydrogens (tertiary/aromatic N) is 3. The zero-order valence-electron chi connectivity index (χ0n) is 13.5. The van der Waals surface area contributed by atoms with E-state index in [9.17, 15) is 21.1 Å². The molecule has 0 aliphatic carbocycles. The Labute approximate surface area is 152 Å². The Morgan fingerprint density at radius 2 is 1.52 bits per heavy atom. The summed E-state index contributed by atoms with van der Waals surface area (Å²) in [6.45, 7) is -0.187. The minimum absolute atomic E-state index is 0.186. The number of rotatable bonds is 7. The quantitative estimate of drug-likeness (QED) is 0.568. The molecule has 0 aliphatic heterocycles. The van der Waals surface area contributed by atoms with Crippen molar-refractivity contribution in [1.29, 1.82) is 0 Å². The first-order valence-electron chi connectivity index (χ1n) is 7.46. The third-order valence-corrected chi connectivity index (χ3v) is 3.83. The average Bonchev–Trinajstić information content (AvgIpc) is 3.07. The van der Waals surface area contributed by atoms with Crippen LogP contribution in [-0.2, 0) is 23.7 Å². The molecular weight excluding hydrogens is 387 g/mol. The molecule has 3 aromatic rings. The van der Waals surface area contributed by atoms with Crippen LogP contribution in [0.25, 0.3) is 0 Å². The Kier molecular flexibility index (Phi) is 5.31. The summed E-state index contributed by atoms with van der Waals surface area (Å²) in [5.74, 6) is -1.63. The van der Waals surface area contributed by atoms with Gasteiger partial charge in [0.1, 0.15) is 42.4 Å². The molecule has 0 atom stereocenters. The minimum Gasteiger partial charge on any atom is -0.489 e. The van der Waals surface area contributed by atoms with Gasteiger partial charge in [-0.2, -0.15) is 8.42 Å². The number of halogens is 3. The highest BCUT2D eigenvalue weighted by Crippen LogP contribution is 2.22. The predicted molar refractivity (Wildman–Crippen MR) is 86.9 cm³/mol. The van der Waals surface area contributed by atoms with Gasteiger partial charge in [-0.05, 0) is 42.0 Å². The second kappa shape index (κ2) is 7.66. The first-order valence-corrected chi connectivity index (χ1v) is 8.77. The smallest absolute Gasteiger partial charge is 0.488 e. The van der Waals surface area contributed by atoms with Crippen molar-refractivity contribution in [1.82, 2.24) is 14.8 Å². The standard InChI is InChI=1S/C16H12F3N3O4S/c17-15-5-11(7-22-9-20-21-10-22)6-16(18)14(15)8-25-12-1-3-13(4-2-12)26-27(19,23)24/h1-6,9-10H,7-8H2. The third-order valence-electron chi connectivity index (χ3n) is 3.44. The summed E-state index contributed by atoms with van der Waals surface area (Å²) in [5.41, 5.74) is 0.122. The zero-order valence-corrected chi connectivity index (χ0v) is 14.4. The molecule has 0 bridgehead atoms. The van der Waals surface area contributed by atoms with Crippen molar-refractivity contribution in [3.8, 4) is 11.5 Å². The minimum atomic E-state index is -5.13. The predicted octanol–water partition coefficient (Wildman–Crippen LogP) is 2.78. The Morgan fingerprint density at radius 3 is 2.07 bits per heavy atom. The summed E-state index contributed by atoms with van der Waals surface area (Å²) >= 11 is 0. The van der Waals surface area contributed by atoms with Gasteiger partial charge in [0.15, 0.2) is 0 Å². The van der Waals surface area contributed by atoms with Crippen molar-refractivity contribution in [2.45, 2.75) is 13.2 Å². The van der Waals surface area contributed by atoms with Crippen LogP contribution in [0.3, 0.4) is 0 Å². The average molecular weight is 399 g/mol. The largest absolute Gasteiger partial charge is 0.489 e. The van der Waals surface area contributed by atoms with E-state index in [1.165, 1.54) is 36.9 Å². The maximum atomic E-state index is 14.2. The Bertz CT molecular complexity index is 1000. The fourth-order valence-corrected chi connectivity index (χ4v) is 2.60. The van der Waals surface area contributed by atoms with Gasteiger partial charge >= 0.3 is 10.5 Å². The van der Waals surface area contributed by atoms with E-state index in [4.69, 9.17) is 4.74 Å². The van der Waals surface area contributed by atoms with Crippen molar-refractivity contribution in [2.24, 2.45) is 0 Å². The molecule has 0 saturated carbocycles. The van der Waals surface area contributed by atoms with Gasteiger partial charge in [0.25, 0.3) is 0 Å². The highest BCUT2D eigenvalue weighted by Gasteiger charge is 2.13. The topological polar surface area (TPSA) is 83.3 Å². The van der Waals surface area contributed by atoms with Crippen LogP contribution >= 0.6 is 0 Å². The van der Waals surface area contributed by atoms with Crippen LogP contribution < -0.4 is 8.92 Å². The molecule has 142 valence electrons. The van der Waals surface area contributed by atoms with E-state index < -0.39 is 28.7 Å². The molecule has 0 spiro atoms. The normalized spacial score (nSPS) is 11.4. The number of aromatic nitrogens is 3. The molecule has 2 aromatic carbocycles. The van der Waals surface area contributed by atoms with E-state index in [0.717, 1.165) is 12.1 Å². The first kappa shape index (κ1) is 18.7. The van der Waals surface area contributed by atoms with Crippen LogP contribution in [0.4, 0.5) is 12.7 Å². The Morgan fingerprint density at radius 1 is 0.963 bits per heavy atom. The summed E-state index contributed by atoms with van der Waals surface area (Å²) in [7, 11) is -5.13. The van der Waals surface area contributed by atoms with Gasteiger partial charge in [-0.25, -0.2) is 8.78 Å². The lowest BCUT2D eigenvalue weighted by Gasteiger charge is -2.11. The number of hydrogen-bond donors (Lipinski definition) is 0. The molecule has 0 fully saturated rings. The van der Waals surface area contributed by atoms with Gasteiger partial charge in [0.05, 0.1) is 12.1 Å². The molecule has 0 aliphatic rings. The van der Waals surface area contributed by atoms with Gasteiger partial charge in [0, 0.05) is 0 Å². The lowest BCUT2D eigenvalue weighted by molar-refractivity contribution is 0.292. The van der Waals surface area contributed by atoms with Crippen LogP contribution in [0.15, 0.2) is 49.1 Å². The van der Waals surface area contributed by atoms with E-state index in [1.807, 2.05) is 0 Å². The van der Waals surface area contributed by atoms with E-state index in [1.54, 1.807) is 4.57 Å². The van der Waals surface area contributed by atoms with E-state index >= 15 is 0 Å². The Hall–Kier alpha value is -3.08. The summed E-state index contributed by atoms with van der Waals surface area (Å²) in [6.07, 6.45) is 2.85. The van der Waals surface area contributed by atoms with E-state index in [0.29, 0.717) is 5.56 Å². The molecular formula is C16H12F3N3O4S. The maximum absolute atomic E-state index is 14.2. The fraction of sp³-hybridized carbons (Fsp3) is 0.125. The SMILES string of the molecule is O=S(=O)(F)Oc1ccc(OCc2c(F)cc(Cn3cnnc3)cc2F)cc1. The monoisotopic (exact) mass is 399 g/mol. The molecule has 27 heavy (non-hydrogen) atoms. The van der Waals surface area contributed by atoms with Gasteiger partial charge in [0.2, 0.25) is 0 Å². The summed E-state index contributed by atoms with van der Waals surface area (Å²) in [4.78, 5) is 0. The van der Waals surface area contributed by atoms with Crippen molar-refractivity contribution in [3.63, 3.8) is 0 Å². The molecule has 3 rings (SSSR count). The van der Waals surface area contributed by atoms with Crippen molar-refractivity contribution in [3.05, 3.63) is 71.8 Å². The molecule has 7 nitrogen and oxygen atoms in total. The Balaban J connectivity index is 1.67. The second-order valence-electron chi connectivity index (χ2n) is 5.41. The highest BCUT2D eigenvalue weighted by atomic mass is 32.3. The van der Waals surface area contributed by atoms with Gasteiger partial charge in [-0.15, -0.1) is 10.2 Å². The molecule has 0 N–H and O–H groups in total. The summed E-state index contributed by atoms with van der Waals surface area (Å²) in [6, 6.07) is 7.20. The van der Waals surface area contributed by atoms with E-state index in [-0.39, 0.29) is 23.6 Å². The molecule has 11 heteroatoms. The molecule has 1 aromatic heterocycles. The summed E-state index contributed by atoms with van der Waals surface area (Å²) < 4.78 is 72.5. The van der Waals surface area contributed by atoms with E-state index in [2.05, 4.69) is 14.4 Å². The molecule has 0 saturated heterocycles. The third kappa shape index (κ3) is 5.20. The van der Waals surface area contributed by atoms with Crippen molar-refractivity contribution in [2.75, 3.05) is 0 Å². The molecule has 0 amide bonds. The maximum Gasteiger partial charge on any atom is 0.488 e. The van der Waals surface area contributed by atoms with Crippen LogP contribution in [0.2, 0.25) is 0 Å². The number of benzene rings is 2.